The van der Waals surface area contributed by atoms with Gasteiger partial charge in [0.05, 0.1) is 0 Å². The standard InChI is InChI=1S/C12H22N4O2S/c1-5-10(17)15(13)7-9(12(3,4)19)8-16(14)11(18)6-2/h5-6,9,19H,1-2,7-8,13-14H2,3-4H3. The predicted octanol–water partition coefficient (Wildman–Crippen LogP) is 0.0876. The van der Waals surface area contributed by atoms with Gasteiger partial charge in [0.25, 0.3) is 11.8 Å². The maximum atomic E-state index is 11.4. The van der Waals surface area contributed by atoms with Crippen LogP contribution in [-0.4, -0.2) is 39.7 Å². The van der Waals surface area contributed by atoms with E-state index in [0.29, 0.717) is 0 Å². The Labute approximate surface area is 119 Å². The number of carbonyl (C=O) groups excluding carboxylic acids is 2. The van der Waals surface area contributed by atoms with Gasteiger partial charge >= 0.3 is 0 Å². The Bertz CT molecular complexity index is 337. The van der Waals surface area contributed by atoms with E-state index in [-0.39, 0.29) is 19.0 Å². The average Bonchev–Trinajstić information content (AvgIpc) is 2.34. The second kappa shape index (κ2) is 7.32. The largest absolute Gasteiger partial charge is 0.277 e. The first-order valence-corrected chi connectivity index (χ1v) is 6.17. The summed E-state index contributed by atoms with van der Waals surface area (Å²) in [5.41, 5.74) is 0. The van der Waals surface area contributed by atoms with Crippen molar-refractivity contribution in [1.29, 1.82) is 0 Å². The monoisotopic (exact) mass is 286 g/mol. The maximum absolute atomic E-state index is 11.4. The van der Waals surface area contributed by atoms with Crippen LogP contribution in [-0.2, 0) is 9.59 Å². The molecule has 0 unspecified atom stereocenters. The molecule has 0 bridgehead atoms. The predicted molar refractivity (Wildman–Crippen MR) is 78.7 cm³/mol. The van der Waals surface area contributed by atoms with E-state index in [1.807, 2.05) is 13.8 Å². The molecule has 0 aliphatic heterocycles. The lowest BCUT2D eigenvalue weighted by molar-refractivity contribution is -0.128. The summed E-state index contributed by atoms with van der Waals surface area (Å²) in [7, 11) is 0. The van der Waals surface area contributed by atoms with E-state index in [1.54, 1.807) is 0 Å². The fourth-order valence-electron chi connectivity index (χ4n) is 1.39. The Morgan fingerprint density at radius 3 is 1.68 bits per heavy atom. The van der Waals surface area contributed by atoms with Gasteiger partial charge in [0.2, 0.25) is 0 Å². The molecule has 2 amide bonds. The van der Waals surface area contributed by atoms with Crippen LogP contribution in [0.5, 0.6) is 0 Å². The lowest BCUT2D eigenvalue weighted by atomic mass is 9.94. The molecule has 0 aliphatic rings. The first-order chi connectivity index (χ1) is 8.63. The fraction of sp³-hybridized carbons (Fsp3) is 0.500. The van der Waals surface area contributed by atoms with Crippen LogP contribution in [0.15, 0.2) is 25.3 Å². The Morgan fingerprint density at radius 1 is 1.16 bits per heavy atom. The quantitative estimate of drug-likeness (QED) is 0.203. The van der Waals surface area contributed by atoms with Crippen LogP contribution >= 0.6 is 12.6 Å². The van der Waals surface area contributed by atoms with E-state index in [1.165, 1.54) is 0 Å². The number of hydrazine groups is 2. The van der Waals surface area contributed by atoms with Crippen LogP contribution in [0.1, 0.15) is 13.8 Å². The first-order valence-electron chi connectivity index (χ1n) is 5.73. The third kappa shape index (κ3) is 5.91. The molecule has 0 radical (unpaired) electrons. The first kappa shape index (κ1) is 17.7. The van der Waals surface area contributed by atoms with Crippen LogP contribution < -0.4 is 11.7 Å². The van der Waals surface area contributed by atoms with Crippen LogP contribution in [0, 0.1) is 5.92 Å². The molecular formula is C12H22N4O2S. The molecule has 0 saturated heterocycles. The summed E-state index contributed by atoms with van der Waals surface area (Å²) < 4.78 is -0.474. The van der Waals surface area contributed by atoms with Gasteiger partial charge in [-0.2, -0.15) is 12.6 Å². The third-order valence-corrected chi connectivity index (χ3v) is 3.11. The fourth-order valence-corrected chi connectivity index (χ4v) is 1.56. The van der Waals surface area contributed by atoms with Crippen molar-refractivity contribution >= 4 is 24.4 Å². The Morgan fingerprint density at radius 2 is 1.47 bits per heavy atom. The number of nitrogens with two attached hydrogens (primary N) is 2. The van der Waals surface area contributed by atoms with E-state index in [4.69, 9.17) is 11.7 Å². The molecule has 0 aromatic rings. The molecule has 0 aromatic heterocycles. The minimum absolute atomic E-state index is 0.208. The average molecular weight is 286 g/mol. The summed E-state index contributed by atoms with van der Waals surface area (Å²) in [6.07, 6.45) is 2.25. The number of nitrogens with zero attached hydrogens (tertiary/aromatic N) is 2. The third-order valence-electron chi connectivity index (χ3n) is 2.75. The molecule has 0 spiro atoms. The molecule has 4 N–H and O–H groups in total. The number of amides is 2. The molecular weight excluding hydrogens is 264 g/mol. The van der Waals surface area contributed by atoms with Crippen LogP contribution in [0.2, 0.25) is 0 Å². The van der Waals surface area contributed by atoms with Gasteiger partial charge in [-0.25, -0.2) is 11.7 Å². The number of hydrogen-bond donors (Lipinski definition) is 3. The van der Waals surface area contributed by atoms with Crippen molar-refractivity contribution in [3.63, 3.8) is 0 Å². The van der Waals surface area contributed by atoms with Gasteiger partial charge in [-0.1, -0.05) is 27.0 Å². The van der Waals surface area contributed by atoms with E-state index >= 15 is 0 Å². The van der Waals surface area contributed by atoms with Crippen molar-refractivity contribution in [3.05, 3.63) is 25.3 Å². The van der Waals surface area contributed by atoms with Crippen molar-refractivity contribution in [2.24, 2.45) is 17.6 Å². The van der Waals surface area contributed by atoms with E-state index < -0.39 is 16.6 Å². The lowest BCUT2D eigenvalue weighted by Crippen LogP contribution is -2.50. The Kier molecular flexibility index (Phi) is 6.82. The van der Waals surface area contributed by atoms with Crippen LogP contribution in [0.4, 0.5) is 0 Å². The highest BCUT2D eigenvalue weighted by atomic mass is 32.1. The Hall–Kier alpha value is -1.31. The summed E-state index contributed by atoms with van der Waals surface area (Å²) >= 11 is 4.46. The van der Waals surface area contributed by atoms with Crippen molar-refractivity contribution in [2.45, 2.75) is 18.6 Å². The van der Waals surface area contributed by atoms with Crippen molar-refractivity contribution < 1.29 is 9.59 Å². The van der Waals surface area contributed by atoms with Crippen molar-refractivity contribution in [2.75, 3.05) is 13.1 Å². The lowest BCUT2D eigenvalue weighted by Gasteiger charge is -2.34. The zero-order valence-electron chi connectivity index (χ0n) is 11.4. The molecule has 0 saturated carbocycles. The van der Waals surface area contributed by atoms with Gasteiger partial charge in [0.15, 0.2) is 0 Å². The summed E-state index contributed by atoms with van der Waals surface area (Å²) in [6, 6.07) is 0. The van der Waals surface area contributed by atoms with Crippen molar-refractivity contribution in [1.82, 2.24) is 10.0 Å². The molecule has 7 heteroatoms. The van der Waals surface area contributed by atoms with Gasteiger partial charge in [-0.15, -0.1) is 0 Å². The molecule has 0 atom stereocenters. The number of hydrogen-bond acceptors (Lipinski definition) is 5. The molecule has 19 heavy (non-hydrogen) atoms. The highest BCUT2D eigenvalue weighted by molar-refractivity contribution is 7.81. The second-order valence-corrected chi connectivity index (χ2v) is 5.89. The van der Waals surface area contributed by atoms with Gasteiger partial charge < -0.3 is 0 Å². The zero-order valence-corrected chi connectivity index (χ0v) is 12.3. The smallest absolute Gasteiger partial charge is 0.259 e. The number of carbonyl (C=O) groups is 2. The molecule has 0 fully saturated rings. The SMILES string of the molecule is C=CC(=O)N(N)CC(CN(N)C(=O)C=C)C(C)(C)S. The van der Waals surface area contributed by atoms with Crippen LogP contribution in [0.25, 0.3) is 0 Å². The molecule has 0 heterocycles. The zero-order chi connectivity index (χ0) is 15.2. The molecule has 0 aliphatic carbocycles. The van der Waals surface area contributed by atoms with Gasteiger partial charge in [0.1, 0.15) is 0 Å². The maximum Gasteiger partial charge on any atom is 0.259 e. The van der Waals surface area contributed by atoms with Gasteiger partial charge in [0, 0.05) is 23.8 Å². The van der Waals surface area contributed by atoms with Gasteiger partial charge in [-0.05, 0) is 12.2 Å². The minimum Gasteiger partial charge on any atom is -0.277 e. The molecule has 0 rings (SSSR count). The van der Waals surface area contributed by atoms with E-state index in [0.717, 1.165) is 22.2 Å². The topological polar surface area (TPSA) is 92.7 Å². The second-order valence-electron chi connectivity index (χ2n) is 4.74. The van der Waals surface area contributed by atoms with Crippen LogP contribution in [0.3, 0.4) is 0 Å². The number of thiol groups is 1. The van der Waals surface area contributed by atoms with Gasteiger partial charge in [-0.3, -0.25) is 19.6 Å². The highest BCUT2D eigenvalue weighted by Crippen LogP contribution is 2.25. The molecule has 0 aromatic carbocycles. The summed E-state index contributed by atoms with van der Waals surface area (Å²) in [6.45, 7) is 10.9. The Balaban J connectivity index is 4.84. The summed E-state index contributed by atoms with van der Waals surface area (Å²) in [5, 5.41) is 2.06. The summed E-state index contributed by atoms with van der Waals surface area (Å²) in [4.78, 5) is 22.8. The highest BCUT2D eigenvalue weighted by Gasteiger charge is 2.30. The van der Waals surface area contributed by atoms with E-state index in [9.17, 15) is 9.59 Å². The molecule has 6 nitrogen and oxygen atoms in total. The van der Waals surface area contributed by atoms with Crippen molar-refractivity contribution in [3.8, 4) is 0 Å². The number of rotatable bonds is 7. The minimum atomic E-state index is -0.474. The molecule has 108 valence electrons. The van der Waals surface area contributed by atoms with E-state index in [2.05, 4.69) is 25.8 Å². The summed E-state index contributed by atoms with van der Waals surface area (Å²) in [5.74, 6) is 10.2. The normalized spacial score (nSPS) is 11.1.